The summed E-state index contributed by atoms with van der Waals surface area (Å²) >= 11 is 2.05. The molecule has 0 atom stereocenters. The fraction of sp³-hybridized carbons (Fsp3) is 0.786. The summed E-state index contributed by atoms with van der Waals surface area (Å²) < 4.78 is 2.05. The van der Waals surface area contributed by atoms with E-state index < -0.39 is 0 Å². The SMILES string of the molecule is Cc1nn(C)c(N2CCSCC2)c1CNCC(C)C. The lowest BCUT2D eigenvalue weighted by Crippen LogP contribution is -2.35. The third kappa shape index (κ3) is 3.66. The Kier molecular flexibility index (Phi) is 5.16. The number of hydrogen-bond donors (Lipinski definition) is 1. The van der Waals surface area contributed by atoms with E-state index >= 15 is 0 Å². The van der Waals surface area contributed by atoms with E-state index in [1.165, 1.54) is 22.9 Å². The van der Waals surface area contributed by atoms with E-state index in [0.29, 0.717) is 5.92 Å². The number of aromatic nitrogens is 2. The second-order valence-corrected chi connectivity index (χ2v) is 6.86. The molecule has 2 heterocycles. The summed E-state index contributed by atoms with van der Waals surface area (Å²) in [4.78, 5) is 2.49. The van der Waals surface area contributed by atoms with Crippen molar-refractivity contribution in [2.24, 2.45) is 13.0 Å². The Hall–Kier alpha value is -0.680. The Labute approximate surface area is 120 Å². The number of aryl methyl sites for hydroxylation is 2. The molecule has 0 unspecified atom stereocenters. The van der Waals surface area contributed by atoms with Gasteiger partial charge in [0.15, 0.2) is 0 Å². The first-order chi connectivity index (χ1) is 9.09. The Morgan fingerprint density at radius 1 is 1.32 bits per heavy atom. The number of hydrogen-bond acceptors (Lipinski definition) is 4. The van der Waals surface area contributed by atoms with Crippen molar-refractivity contribution in [3.63, 3.8) is 0 Å². The molecule has 1 fully saturated rings. The number of anilines is 1. The second kappa shape index (κ2) is 6.66. The maximum absolute atomic E-state index is 4.61. The first-order valence-electron chi connectivity index (χ1n) is 7.15. The summed E-state index contributed by atoms with van der Waals surface area (Å²) in [5, 5.41) is 8.16. The number of nitrogens with one attached hydrogen (secondary N) is 1. The number of thioether (sulfide) groups is 1. The second-order valence-electron chi connectivity index (χ2n) is 5.64. The Morgan fingerprint density at radius 2 is 2.00 bits per heavy atom. The summed E-state index contributed by atoms with van der Waals surface area (Å²) in [6, 6.07) is 0. The fourth-order valence-corrected chi connectivity index (χ4v) is 3.46. The van der Waals surface area contributed by atoms with E-state index in [0.717, 1.165) is 31.9 Å². The summed E-state index contributed by atoms with van der Waals surface area (Å²) in [5.74, 6) is 4.45. The van der Waals surface area contributed by atoms with Gasteiger partial charge in [-0.3, -0.25) is 4.68 Å². The Balaban J connectivity index is 2.11. The van der Waals surface area contributed by atoms with Gasteiger partial charge in [-0.05, 0) is 19.4 Å². The molecule has 2 rings (SSSR count). The fourth-order valence-electron chi connectivity index (χ4n) is 2.55. The number of rotatable bonds is 5. The lowest BCUT2D eigenvalue weighted by Gasteiger charge is -2.29. The largest absolute Gasteiger partial charge is 0.355 e. The van der Waals surface area contributed by atoms with Crippen LogP contribution in [0.3, 0.4) is 0 Å². The van der Waals surface area contributed by atoms with E-state index in [1.54, 1.807) is 0 Å². The molecule has 0 aliphatic carbocycles. The van der Waals surface area contributed by atoms with Gasteiger partial charge in [0.25, 0.3) is 0 Å². The molecule has 108 valence electrons. The summed E-state index contributed by atoms with van der Waals surface area (Å²) in [7, 11) is 2.07. The van der Waals surface area contributed by atoms with Gasteiger partial charge in [0.05, 0.1) is 5.69 Å². The van der Waals surface area contributed by atoms with Gasteiger partial charge < -0.3 is 10.2 Å². The normalized spacial score (nSPS) is 16.4. The van der Waals surface area contributed by atoms with Gasteiger partial charge >= 0.3 is 0 Å². The third-order valence-corrected chi connectivity index (χ3v) is 4.42. The monoisotopic (exact) mass is 282 g/mol. The highest BCUT2D eigenvalue weighted by atomic mass is 32.2. The molecule has 1 aliphatic heterocycles. The quantitative estimate of drug-likeness (QED) is 0.896. The van der Waals surface area contributed by atoms with Crippen molar-refractivity contribution in [1.82, 2.24) is 15.1 Å². The van der Waals surface area contributed by atoms with Gasteiger partial charge in [0.2, 0.25) is 0 Å². The zero-order valence-corrected chi connectivity index (χ0v) is 13.4. The van der Waals surface area contributed by atoms with E-state index in [-0.39, 0.29) is 0 Å². The minimum Gasteiger partial charge on any atom is -0.355 e. The van der Waals surface area contributed by atoms with Crippen molar-refractivity contribution in [2.45, 2.75) is 27.3 Å². The highest BCUT2D eigenvalue weighted by molar-refractivity contribution is 7.99. The predicted octanol–water partition coefficient (Wildman–Crippen LogP) is 2.03. The van der Waals surface area contributed by atoms with Crippen LogP contribution in [-0.2, 0) is 13.6 Å². The molecule has 1 aromatic heterocycles. The van der Waals surface area contributed by atoms with Gasteiger partial charge in [-0.1, -0.05) is 13.8 Å². The van der Waals surface area contributed by atoms with Crippen LogP contribution < -0.4 is 10.2 Å². The van der Waals surface area contributed by atoms with E-state index in [1.807, 2.05) is 11.8 Å². The van der Waals surface area contributed by atoms with Crippen molar-refractivity contribution < 1.29 is 0 Å². The standard InChI is InChI=1S/C14H26N4S/c1-11(2)9-15-10-13-12(3)16-17(4)14(13)18-5-7-19-8-6-18/h11,15H,5-10H2,1-4H3. The molecule has 0 aromatic carbocycles. The molecule has 1 N–H and O–H groups in total. The minimum atomic E-state index is 0.687. The highest BCUT2D eigenvalue weighted by Gasteiger charge is 2.20. The van der Waals surface area contributed by atoms with E-state index in [2.05, 4.69) is 47.8 Å². The van der Waals surface area contributed by atoms with Crippen LogP contribution >= 0.6 is 11.8 Å². The summed E-state index contributed by atoms with van der Waals surface area (Å²) in [6.45, 7) is 10.9. The average Bonchev–Trinajstić information content (AvgIpc) is 2.65. The Bertz CT molecular complexity index is 408. The van der Waals surface area contributed by atoms with Crippen molar-refractivity contribution in [1.29, 1.82) is 0 Å². The zero-order valence-electron chi connectivity index (χ0n) is 12.6. The molecule has 1 saturated heterocycles. The molecule has 4 nitrogen and oxygen atoms in total. The maximum Gasteiger partial charge on any atom is 0.131 e. The van der Waals surface area contributed by atoms with Crippen LogP contribution in [0.5, 0.6) is 0 Å². The molecule has 19 heavy (non-hydrogen) atoms. The van der Waals surface area contributed by atoms with E-state index in [4.69, 9.17) is 0 Å². The summed E-state index contributed by atoms with van der Waals surface area (Å²) in [5.41, 5.74) is 2.53. The molecule has 0 radical (unpaired) electrons. The van der Waals surface area contributed by atoms with Crippen LogP contribution in [-0.4, -0.2) is 40.9 Å². The first-order valence-corrected chi connectivity index (χ1v) is 8.31. The van der Waals surface area contributed by atoms with Crippen LogP contribution in [0.25, 0.3) is 0 Å². The van der Waals surface area contributed by atoms with Gasteiger partial charge in [-0.2, -0.15) is 16.9 Å². The van der Waals surface area contributed by atoms with Gasteiger partial charge in [0.1, 0.15) is 5.82 Å². The molecule has 0 spiro atoms. The third-order valence-electron chi connectivity index (χ3n) is 3.48. The Morgan fingerprint density at radius 3 is 2.63 bits per heavy atom. The zero-order chi connectivity index (χ0) is 13.8. The lowest BCUT2D eigenvalue weighted by molar-refractivity contribution is 0.551. The lowest BCUT2D eigenvalue weighted by atomic mass is 10.2. The number of nitrogens with zero attached hydrogens (tertiary/aromatic N) is 3. The van der Waals surface area contributed by atoms with Gasteiger partial charge in [0, 0.05) is 43.8 Å². The van der Waals surface area contributed by atoms with Crippen LogP contribution in [0.2, 0.25) is 0 Å². The van der Waals surface area contributed by atoms with Crippen LogP contribution in [0.1, 0.15) is 25.1 Å². The topological polar surface area (TPSA) is 33.1 Å². The smallest absolute Gasteiger partial charge is 0.131 e. The summed E-state index contributed by atoms with van der Waals surface area (Å²) in [6.07, 6.45) is 0. The predicted molar refractivity (Wildman–Crippen MR) is 84.0 cm³/mol. The molecule has 0 saturated carbocycles. The van der Waals surface area contributed by atoms with Crippen LogP contribution in [0.15, 0.2) is 0 Å². The molecule has 1 aliphatic rings. The molecular formula is C14H26N4S. The van der Waals surface area contributed by atoms with Crippen molar-refractivity contribution in [3.05, 3.63) is 11.3 Å². The molecule has 5 heteroatoms. The van der Waals surface area contributed by atoms with Crippen molar-refractivity contribution in [2.75, 3.05) is 36.0 Å². The highest BCUT2D eigenvalue weighted by Crippen LogP contribution is 2.25. The van der Waals surface area contributed by atoms with Crippen LogP contribution in [0.4, 0.5) is 5.82 Å². The first kappa shape index (κ1) is 14.7. The van der Waals surface area contributed by atoms with Crippen molar-refractivity contribution >= 4 is 17.6 Å². The van der Waals surface area contributed by atoms with Crippen LogP contribution in [0, 0.1) is 12.8 Å². The average molecular weight is 282 g/mol. The molecular weight excluding hydrogens is 256 g/mol. The molecule has 0 bridgehead atoms. The maximum atomic E-state index is 4.61. The van der Waals surface area contributed by atoms with Gasteiger partial charge in [-0.25, -0.2) is 0 Å². The van der Waals surface area contributed by atoms with E-state index in [9.17, 15) is 0 Å². The minimum absolute atomic E-state index is 0.687. The van der Waals surface area contributed by atoms with Crippen molar-refractivity contribution in [3.8, 4) is 0 Å². The van der Waals surface area contributed by atoms with Gasteiger partial charge in [-0.15, -0.1) is 0 Å². The molecule has 1 aromatic rings. The molecule has 0 amide bonds.